The smallest absolute Gasteiger partial charge is 0.336 e. The third-order valence-corrected chi connectivity index (χ3v) is 3.68. The first-order valence-corrected chi connectivity index (χ1v) is 7.34. The van der Waals surface area contributed by atoms with Gasteiger partial charge in [0, 0.05) is 23.6 Å². The van der Waals surface area contributed by atoms with Crippen LogP contribution in [0.1, 0.15) is 0 Å². The van der Waals surface area contributed by atoms with E-state index in [1.165, 1.54) is 31.6 Å². The predicted octanol–water partition coefficient (Wildman–Crippen LogP) is 3.68. The van der Waals surface area contributed by atoms with Crippen molar-refractivity contribution in [2.45, 2.75) is 0 Å². The molecule has 4 rings (SSSR count). The number of fused-ring (bicyclic) bond motifs is 2. The van der Waals surface area contributed by atoms with Crippen molar-refractivity contribution in [1.29, 1.82) is 0 Å². The largest absolute Gasteiger partial charge is 0.494 e. The summed E-state index contributed by atoms with van der Waals surface area (Å²) in [6.07, 6.45) is 1.28. The zero-order valence-electron chi connectivity index (χ0n) is 13.0. The lowest BCUT2D eigenvalue weighted by molar-refractivity contribution is 0.387. The Hall–Kier alpha value is -3.48. The minimum absolute atomic E-state index is 0.0664. The summed E-state index contributed by atoms with van der Waals surface area (Å²) < 4.78 is 29.7. The number of hydrogen-bond donors (Lipinski definition) is 0. The summed E-state index contributed by atoms with van der Waals surface area (Å²) in [4.78, 5) is 19.5. The number of benzene rings is 2. The van der Waals surface area contributed by atoms with Gasteiger partial charge in [-0.3, -0.25) is 0 Å². The van der Waals surface area contributed by atoms with Crippen LogP contribution in [0.4, 0.5) is 4.39 Å². The van der Waals surface area contributed by atoms with Crippen LogP contribution >= 0.6 is 0 Å². The van der Waals surface area contributed by atoms with Crippen molar-refractivity contribution in [2.75, 3.05) is 7.11 Å². The van der Waals surface area contributed by atoms with Gasteiger partial charge >= 0.3 is 5.63 Å². The molecule has 6 nitrogen and oxygen atoms in total. The van der Waals surface area contributed by atoms with E-state index in [2.05, 4.69) is 9.97 Å². The maximum atomic E-state index is 13.8. The molecule has 0 saturated carbocycles. The number of aromatic nitrogens is 2. The molecular weight excluding hydrogens is 327 g/mol. The Morgan fingerprint density at radius 1 is 1.08 bits per heavy atom. The minimum Gasteiger partial charge on any atom is -0.494 e. The van der Waals surface area contributed by atoms with Gasteiger partial charge < -0.3 is 13.9 Å². The fourth-order valence-corrected chi connectivity index (χ4v) is 2.49. The Labute approximate surface area is 140 Å². The van der Waals surface area contributed by atoms with Crippen molar-refractivity contribution >= 4 is 21.9 Å². The van der Waals surface area contributed by atoms with E-state index in [9.17, 15) is 9.18 Å². The van der Waals surface area contributed by atoms with Crippen molar-refractivity contribution in [1.82, 2.24) is 9.97 Å². The molecule has 25 heavy (non-hydrogen) atoms. The Morgan fingerprint density at radius 2 is 1.92 bits per heavy atom. The van der Waals surface area contributed by atoms with Gasteiger partial charge in [-0.15, -0.1) is 0 Å². The highest BCUT2D eigenvalue weighted by Gasteiger charge is 2.12. The van der Waals surface area contributed by atoms with Gasteiger partial charge in [-0.05, 0) is 24.3 Å². The number of ether oxygens (including phenoxy) is 2. The molecule has 0 aliphatic heterocycles. The maximum absolute atomic E-state index is 13.8. The van der Waals surface area contributed by atoms with E-state index in [-0.39, 0.29) is 11.6 Å². The third-order valence-electron chi connectivity index (χ3n) is 3.68. The van der Waals surface area contributed by atoms with Gasteiger partial charge in [0.2, 0.25) is 5.88 Å². The predicted molar refractivity (Wildman–Crippen MR) is 88.6 cm³/mol. The third kappa shape index (κ3) is 2.76. The van der Waals surface area contributed by atoms with Gasteiger partial charge in [0.1, 0.15) is 17.7 Å². The first-order chi connectivity index (χ1) is 12.1. The Morgan fingerprint density at radius 3 is 2.76 bits per heavy atom. The molecular formula is C18H11FN2O4. The molecule has 0 bridgehead atoms. The van der Waals surface area contributed by atoms with Crippen LogP contribution in [0.3, 0.4) is 0 Å². The van der Waals surface area contributed by atoms with Crippen LogP contribution in [-0.4, -0.2) is 17.1 Å². The molecule has 0 unspecified atom stereocenters. The van der Waals surface area contributed by atoms with E-state index in [0.717, 1.165) is 5.39 Å². The summed E-state index contributed by atoms with van der Waals surface area (Å²) in [5.74, 6) is 0.204. The second-order valence-corrected chi connectivity index (χ2v) is 5.24. The summed E-state index contributed by atoms with van der Waals surface area (Å²) in [6, 6.07) is 10.8. The fraction of sp³-hybridized carbons (Fsp3) is 0.0556. The summed E-state index contributed by atoms with van der Waals surface area (Å²) in [7, 11) is 1.37. The summed E-state index contributed by atoms with van der Waals surface area (Å²) in [5, 5.41) is 1.26. The van der Waals surface area contributed by atoms with Crippen molar-refractivity contribution in [3.63, 3.8) is 0 Å². The number of nitrogens with zero attached hydrogens (tertiary/aromatic N) is 2. The van der Waals surface area contributed by atoms with E-state index in [0.29, 0.717) is 22.2 Å². The van der Waals surface area contributed by atoms with Gasteiger partial charge in [0.25, 0.3) is 0 Å². The van der Waals surface area contributed by atoms with Crippen LogP contribution in [0.2, 0.25) is 0 Å². The molecule has 0 saturated heterocycles. The lowest BCUT2D eigenvalue weighted by Crippen LogP contribution is -1.96. The lowest BCUT2D eigenvalue weighted by atomic mass is 10.2. The Kier molecular flexibility index (Phi) is 3.53. The zero-order chi connectivity index (χ0) is 17.4. The standard InChI is InChI=1S/C18H11FN2O4/c1-23-16-7-12-14(8-13(16)19)20-9-21-18(12)24-11-4-2-10-3-5-17(22)25-15(10)6-11/h2-9H,1H3. The Bertz CT molecular complexity index is 1160. The average Bonchev–Trinajstić information content (AvgIpc) is 2.61. The SMILES string of the molecule is COc1cc2c(Oc3ccc4ccc(=O)oc4c3)ncnc2cc1F. The first-order valence-electron chi connectivity index (χ1n) is 7.34. The van der Waals surface area contributed by atoms with Crippen LogP contribution in [0.15, 0.2) is 58.0 Å². The van der Waals surface area contributed by atoms with Crippen LogP contribution in [0.25, 0.3) is 21.9 Å². The molecule has 7 heteroatoms. The number of hydrogen-bond acceptors (Lipinski definition) is 6. The van der Waals surface area contributed by atoms with Gasteiger partial charge in [0.15, 0.2) is 11.6 Å². The van der Waals surface area contributed by atoms with Crippen molar-refractivity contribution in [2.24, 2.45) is 0 Å². The number of rotatable bonds is 3. The van der Waals surface area contributed by atoms with E-state index in [1.54, 1.807) is 24.3 Å². The highest BCUT2D eigenvalue weighted by molar-refractivity contribution is 5.85. The highest BCUT2D eigenvalue weighted by Crippen LogP contribution is 2.32. The lowest BCUT2D eigenvalue weighted by Gasteiger charge is -2.09. The molecule has 2 aromatic carbocycles. The minimum atomic E-state index is -0.521. The van der Waals surface area contributed by atoms with E-state index in [4.69, 9.17) is 13.9 Å². The molecule has 0 aliphatic carbocycles. The van der Waals surface area contributed by atoms with Gasteiger partial charge in [-0.25, -0.2) is 19.2 Å². The fourth-order valence-electron chi connectivity index (χ4n) is 2.49. The van der Waals surface area contributed by atoms with Crippen LogP contribution < -0.4 is 15.1 Å². The molecule has 0 N–H and O–H groups in total. The molecule has 124 valence electrons. The molecule has 2 heterocycles. The average molecular weight is 338 g/mol. The molecule has 0 aliphatic rings. The molecule has 4 aromatic rings. The number of halogens is 1. The van der Waals surface area contributed by atoms with Crippen molar-refractivity contribution in [3.8, 4) is 17.4 Å². The van der Waals surface area contributed by atoms with E-state index < -0.39 is 11.4 Å². The Balaban J connectivity index is 1.81. The van der Waals surface area contributed by atoms with E-state index in [1.807, 2.05) is 0 Å². The summed E-state index contributed by atoms with van der Waals surface area (Å²) in [6.45, 7) is 0. The molecule has 0 amide bonds. The van der Waals surface area contributed by atoms with Crippen LogP contribution in [0.5, 0.6) is 17.4 Å². The molecule has 2 aromatic heterocycles. The molecule has 0 fully saturated rings. The van der Waals surface area contributed by atoms with Crippen molar-refractivity contribution < 1.29 is 18.3 Å². The highest BCUT2D eigenvalue weighted by atomic mass is 19.1. The van der Waals surface area contributed by atoms with Crippen molar-refractivity contribution in [3.05, 3.63) is 65.0 Å². The van der Waals surface area contributed by atoms with E-state index >= 15 is 0 Å². The van der Waals surface area contributed by atoms with Crippen LogP contribution in [-0.2, 0) is 0 Å². The second kappa shape index (κ2) is 5.86. The van der Waals surface area contributed by atoms with Gasteiger partial charge in [-0.2, -0.15) is 0 Å². The normalized spacial score (nSPS) is 11.0. The maximum Gasteiger partial charge on any atom is 0.336 e. The monoisotopic (exact) mass is 338 g/mol. The zero-order valence-corrected chi connectivity index (χ0v) is 13.0. The van der Waals surface area contributed by atoms with Gasteiger partial charge in [-0.1, -0.05) is 0 Å². The second-order valence-electron chi connectivity index (χ2n) is 5.24. The first kappa shape index (κ1) is 15.1. The quantitative estimate of drug-likeness (QED) is 0.531. The number of methoxy groups -OCH3 is 1. The topological polar surface area (TPSA) is 74.5 Å². The molecule has 0 atom stereocenters. The van der Waals surface area contributed by atoms with Gasteiger partial charge in [0.05, 0.1) is 18.0 Å². The molecule has 0 spiro atoms. The molecule has 0 radical (unpaired) electrons. The summed E-state index contributed by atoms with van der Waals surface area (Å²) in [5.41, 5.74) is 0.333. The summed E-state index contributed by atoms with van der Waals surface area (Å²) >= 11 is 0. The van der Waals surface area contributed by atoms with Crippen LogP contribution in [0, 0.1) is 5.82 Å².